The van der Waals surface area contributed by atoms with Crippen molar-refractivity contribution in [3.63, 3.8) is 0 Å². The Kier molecular flexibility index (Phi) is 3.61. The Morgan fingerprint density at radius 2 is 2.04 bits per heavy atom. The topological polar surface area (TPSA) is 90.7 Å². The van der Waals surface area contributed by atoms with Gasteiger partial charge in [0.25, 0.3) is 10.0 Å². The second-order valence-corrected chi connectivity index (χ2v) is 7.11. The molecule has 0 amide bonds. The average Bonchev–Trinajstić information content (AvgIpc) is 3.10. The number of ether oxygens (including phenoxy) is 2. The number of methoxy groups -OCH3 is 1. The molecule has 8 heteroatoms. The van der Waals surface area contributed by atoms with Crippen LogP contribution in [0.5, 0.6) is 11.5 Å². The molecule has 1 N–H and O–H groups in total. The van der Waals surface area contributed by atoms with Gasteiger partial charge in [0.1, 0.15) is 18.1 Å². The molecule has 4 rings (SSSR count). The number of hydrogen-bond acceptors (Lipinski definition) is 6. The summed E-state index contributed by atoms with van der Waals surface area (Å²) >= 11 is 0. The van der Waals surface area contributed by atoms with Crippen molar-refractivity contribution in [3.05, 3.63) is 54.2 Å². The van der Waals surface area contributed by atoms with E-state index < -0.39 is 10.0 Å². The maximum atomic E-state index is 12.8. The number of aromatic nitrogens is 1. The number of nitrogens with one attached hydrogen (secondary N) is 1. The standard InChI is InChI=1S/C17H14N2O5S/c1-22-16-5-3-2-4-14(16)19-25(20,21)12-6-7-15-13(8-12)17-11(10-23-15)9-18-24-17/h2-9,19H,10H2,1H3. The molecule has 0 radical (unpaired) electrons. The van der Waals surface area contributed by atoms with Gasteiger partial charge in [0, 0.05) is 0 Å². The maximum absolute atomic E-state index is 12.8. The minimum atomic E-state index is -3.81. The highest BCUT2D eigenvalue weighted by atomic mass is 32.2. The fraction of sp³-hybridized carbons (Fsp3) is 0.118. The van der Waals surface area contributed by atoms with Gasteiger partial charge >= 0.3 is 0 Å². The zero-order valence-corrected chi connectivity index (χ0v) is 14.0. The van der Waals surface area contributed by atoms with Crippen LogP contribution in [0.4, 0.5) is 5.69 Å². The number of hydrogen-bond donors (Lipinski definition) is 1. The monoisotopic (exact) mass is 358 g/mol. The van der Waals surface area contributed by atoms with Crippen molar-refractivity contribution in [2.75, 3.05) is 11.8 Å². The molecule has 1 aromatic heterocycles. The van der Waals surface area contributed by atoms with Crippen molar-refractivity contribution in [2.45, 2.75) is 11.5 Å². The molecule has 0 unspecified atom stereocenters. The van der Waals surface area contributed by atoms with E-state index in [1.807, 2.05) is 0 Å². The highest BCUT2D eigenvalue weighted by Gasteiger charge is 2.25. The van der Waals surface area contributed by atoms with E-state index in [1.54, 1.807) is 36.5 Å². The van der Waals surface area contributed by atoms with Crippen molar-refractivity contribution >= 4 is 15.7 Å². The van der Waals surface area contributed by atoms with Crippen molar-refractivity contribution in [2.24, 2.45) is 0 Å². The van der Waals surface area contributed by atoms with Crippen molar-refractivity contribution < 1.29 is 22.4 Å². The predicted molar refractivity (Wildman–Crippen MR) is 90.1 cm³/mol. The SMILES string of the molecule is COc1ccccc1NS(=O)(=O)c1ccc2c(c1)-c1oncc1CO2. The van der Waals surface area contributed by atoms with Crippen LogP contribution in [0, 0.1) is 0 Å². The summed E-state index contributed by atoms with van der Waals surface area (Å²) in [5.41, 5.74) is 1.70. The lowest BCUT2D eigenvalue weighted by Gasteiger charge is -2.17. The van der Waals surface area contributed by atoms with Gasteiger partial charge in [0.15, 0.2) is 5.76 Å². The first-order valence-electron chi connectivity index (χ1n) is 7.45. The summed E-state index contributed by atoms with van der Waals surface area (Å²) < 4.78 is 44.1. The van der Waals surface area contributed by atoms with Crippen molar-refractivity contribution in [1.82, 2.24) is 5.16 Å². The molecule has 0 saturated carbocycles. The Labute approximate surface area is 144 Å². The molecule has 128 valence electrons. The largest absolute Gasteiger partial charge is 0.495 e. The number of sulfonamides is 1. The fourth-order valence-corrected chi connectivity index (χ4v) is 3.75. The van der Waals surface area contributed by atoms with Crippen LogP contribution in [0.25, 0.3) is 11.3 Å². The highest BCUT2D eigenvalue weighted by molar-refractivity contribution is 7.92. The second kappa shape index (κ2) is 5.82. The molecule has 0 atom stereocenters. The van der Waals surface area contributed by atoms with Crippen LogP contribution in [0.15, 0.2) is 58.1 Å². The molecule has 0 spiro atoms. The lowest BCUT2D eigenvalue weighted by atomic mass is 10.1. The number of fused-ring (bicyclic) bond motifs is 3. The van der Waals surface area contributed by atoms with Gasteiger partial charge in [-0.3, -0.25) is 4.72 Å². The van der Waals surface area contributed by atoms with E-state index in [0.717, 1.165) is 5.56 Å². The molecule has 7 nitrogen and oxygen atoms in total. The second-order valence-electron chi connectivity index (χ2n) is 5.43. The first-order valence-corrected chi connectivity index (χ1v) is 8.93. The number of nitrogens with zero attached hydrogens (tertiary/aromatic N) is 1. The molecule has 0 aliphatic carbocycles. The third-order valence-electron chi connectivity index (χ3n) is 3.88. The smallest absolute Gasteiger partial charge is 0.262 e. The number of anilines is 1. The molecule has 25 heavy (non-hydrogen) atoms. The number of para-hydroxylation sites is 2. The van der Waals surface area contributed by atoms with Gasteiger partial charge in [0.05, 0.1) is 35.0 Å². The molecule has 0 saturated heterocycles. The van der Waals surface area contributed by atoms with Gasteiger partial charge in [-0.25, -0.2) is 8.42 Å². The summed E-state index contributed by atoms with van der Waals surface area (Å²) in [6.45, 7) is 0.345. The lowest BCUT2D eigenvalue weighted by molar-refractivity contribution is 0.297. The summed E-state index contributed by atoms with van der Waals surface area (Å²) in [4.78, 5) is 0.0880. The molecule has 1 aliphatic heterocycles. The molecule has 1 aliphatic rings. The summed E-state index contributed by atoms with van der Waals surface area (Å²) in [7, 11) is -2.33. The Morgan fingerprint density at radius 3 is 2.88 bits per heavy atom. The van der Waals surface area contributed by atoms with Gasteiger partial charge in [-0.15, -0.1) is 0 Å². The molecule has 3 aromatic rings. The minimum absolute atomic E-state index is 0.0880. The van der Waals surface area contributed by atoms with Crippen LogP contribution in [-0.4, -0.2) is 20.7 Å². The summed E-state index contributed by atoms with van der Waals surface area (Å²) in [6.07, 6.45) is 1.56. The van der Waals surface area contributed by atoms with Crippen molar-refractivity contribution in [3.8, 4) is 22.8 Å². The highest BCUT2D eigenvalue weighted by Crippen LogP contribution is 2.39. The normalized spacial score (nSPS) is 12.7. The lowest BCUT2D eigenvalue weighted by Crippen LogP contribution is -2.14. The molecule has 0 fully saturated rings. The molecule has 0 bridgehead atoms. The van der Waals surface area contributed by atoms with Crippen molar-refractivity contribution in [1.29, 1.82) is 0 Å². The van der Waals surface area contributed by atoms with E-state index in [0.29, 0.717) is 35.1 Å². The Hall–Kier alpha value is -3.00. The van der Waals surface area contributed by atoms with Crippen LogP contribution >= 0.6 is 0 Å². The van der Waals surface area contributed by atoms with Gasteiger partial charge in [-0.2, -0.15) is 0 Å². The number of benzene rings is 2. The Bertz CT molecular complexity index is 1040. The third kappa shape index (κ3) is 2.70. The van der Waals surface area contributed by atoms with Crippen LogP contribution in [0.2, 0.25) is 0 Å². The van der Waals surface area contributed by atoms with Crippen LogP contribution in [-0.2, 0) is 16.6 Å². The minimum Gasteiger partial charge on any atom is -0.495 e. The Morgan fingerprint density at radius 1 is 1.20 bits per heavy atom. The summed E-state index contributed by atoms with van der Waals surface area (Å²) in [5, 5.41) is 3.75. The van der Waals surface area contributed by atoms with Gasteiger partial charge in [0.2, 0.25) is 0 Å². The molecule has 2 aromatic carbocycles. The molecule has 2 heterocycles. The van der Waals surface area contributed by atoms with E-state index in [2.05, 4.69) is 9.88 Å². The van der Waals surface area contributed by atoms with Gasteiger partial charge in [-0.1, -0.05) is 17.3 Å². The van der Waals surface area contributed by atoms with Crippen LogP contribution in [0.3, 0.4) is 0 Å². The third-order valence-corrected chi connectivity index (χ3v) is 5.25. The van der Waals surface area contributed by atoms with Crippen LogP contribution in [0.1, 0.15) is 5.56 Å². The average molecular weight is 358 g/mol. The van der Waals surface area contributed by atoms with E-state index in [-0.39, 0.29) is 4.90 Å². The maximum Gasteiger partial charge on any atom is 0.262 e. The zero-order valence-electron chi connectivity index (χ0n) is 13.2. The van der Waals surface area contributed by atoms with E-state index in [4.69, 9.17) is 14.0 Å². The Balaban J connectivity index is 1.74. The van der Waals surface area contributed by atoms with E-state index in [1.165, 1.54) is 19.2 Å². The van der Waals surface area contributed by atoms with Gasteiger partial charge in [-0.05, 0) is 30.3 Å². The number of rotatable bonds is 4. The fourth-order valence-electron chi connectivity index (χ4n) is 2.65. The quantitative estimate of drug-likeness (QED) is 0.771. The van der Waals surface area contributed by atoms with Crippen LogP contribution < -0.4 is 14.2 Å². The summed E-state index contributed by atoms with van der Waals surface area (Å²) in [6, 6.07) is 11.4. The van der Waals surface area contributed by atoms with E-state index in [9.17, 15) is 8.42 Å². The summed E-state index contributed by atoms with van der Waals surface area (Å²) in [5.74, 6) is 1.51. The first kappa shape index (κ1) is 15.5. The predicted octanol–water partition coefficient (Wildman–Crippen LogP) is 3.04. The molecular weight excluding hydrogens is 344 g/mol. The van der Waals surface area contributed by atoms with Gasteiger partial charge < -0.3 is 14.0 Å². The molecular formula is C17H14N2O5S. The first-order chi connectivity index (χ1) is 12.1. The van der Waals surface area contributed by atoms with E-state index >= 15 is 0 Å². The zero-order chi connectivity index (χ0) is 17.4.